The van der Waals surface area contributed by atoms with E-state index in [0.29, 0.717) is 27.2 Å². The number of ketones is 1. The van der Waals surface area contributed by atoms with Crippen molar-refractivity contribution in [3.8, 4) is 0 Å². The molecule has 0 aliphatic rings. The number of anilines is 1. The van der Waals surface area contributed by atoms with Gasteiger partial charge in [-0.2, -0.15) is 0 Å². The topological polar surface area (TPSA) is 59.3 Å². The SMILES string of the molecule is O=C(Cc1ccc(Cl)cc1)Nc1c(C(=O)c2ccc(Br)cc2)oc2ccccc12. The lowest BCUT2D eigenvalue weighted by Crippen LogP contribution is -2.16. The number of amides is 1. The molecule has 6 heteroatoms. The van der Waals surface area contributed by atoms with Gasteiger partial charge in [-0.05, 0) is 54.1 Å². The van der Waals surface area contributed by atoms with Gasteiger partial charge in [0.15, 0.2) is 5.76 Å². The van der Waals surface area contributed by atoms with E-state index in [-0.39, 0.29) is 23.9 Å². The van der Waals surface area contributed by atoms with Gasteiger partial charge in [0.2, 0.25) is 11.7 Å². The number of nitrogens with one attached hydrogen (secondary N) is 1. The van der Waals surface area contributed by atoms with Crippen LogP contribution >= 0.6 is 27.5 Å². The van der Waals surface area contributed by atoms with E-state index in [1.54, 1.807) is 54.6 Å². The summed E-state index contributed by atoms with van der Waals surface area (Å²) < 4.78 is 6.69. The molecular formula is C23H15BrClNO3. The van der Waals surface area contributed by atoms with Crippen molar-refractivity contribution in [1.29, 1.82) is 0 Å². The molecular weight excluding hydrogens is 454 g/mol. The monoisotopic (exact) mass is 467 g/mol. The number of rotatable bonds is 5. The summed E-state index contributed by atoms with van der Waals surface area (Å²) in [5, 5.41) is 4.15. The number of fused-ring (bicyclic) bond motifs is 1. The van der Waals surface area contributed by atoms with E-state index in [9.17, 15) is 9.59 Å². The Balaban J connectivity index is 1.68. The normalized spacial score (nSPS) is 10.8. The van der Waals surface area contributed by atoms with Crippen LogP contribution in [0.3, 0.4) is 0 Å². The zero-order chi connectivity index (χ0) is 20.4. The minimum Gasteiger partial charge on any atom is -0.450 e. The average molecular weight is 469 g/mol. The maximum Gasteiger partial charge on any atom is 0.230 e. The molecule has 0 bridgehead atoms. The third-order valence-electron chi connectivity index (χ3n) is 4.45. The Morgan fingerprint density at radius 2 is 1.62 bits per heavy atom. The van der Waals surface area contributed by atoms with Crippen LogP contribution in [-0.4, -0.2) is 11.7 Å². The Morgan fingerprint density at radius 3 is 2.34 bits per heavy atom. The number of furan rings is 1. The second kappa shape index (κ2) is 8.23. The maximum absolute atomic E-state index is 13.1. The van der Waals surface area contributed by atoms with Crippen molar-refractivity contribution in [3.05, 3.63) is 99.2 Å². The predicted octanol–water partition coefficient (Wildman–Crippen LogP) is 6.26. The van der Waals surface area contributed by atoms with Crippen LogP contribution in [0.1, 0.15) is 21.7 Å². The molecule has 0 aliphatic carbocycles. The summed E-state index contributed by atoms with van der Waals surface area (Å²) in [6, 6.07) is 21.3. The van der Waals surface area contributed by atoms with Crippen molar-refractivity contribution in [3.63, 3.8) is 0 Å². The van der Waals surface area contributed by atoms with Gasteiger partial charge in [-0.1, -0.05) is 51.8 Å². The molecule has 0 spiro atoms. The minimum absolute atomic E-state index is 0.109. The Bertz CT molecular complexity index is 1200. The molecule has 4 rings (SSSR count). The van der Waals surface area contributed by atoms with Gasteiger partial charge in [-0.3, -0.25) is 9.59 Å². The summed E-state index contributed by atoms with van der Waals surface area (Å²) >= 11 is 9.26. The number of halogens is 2. The van der Waals surface area contributed by atoms with Crippen LogP contribution in [0, 0.1) is 0 Å². The van der Waals surface area contributed by atoms with Crippen molar-refractivity contribution >= 4 is 55.9 Å². The number of carbonyl (C=O) groups excluding carboxylic acids is 2. The lowest BCUT2D eigenvalue weighted by Gasteiger charge is -2.07. The number of para-hydroxylation sites is 1. The lowest BCUT2D eigenvalue weighted by molar-refractivity contribution is -0.115. The highest BCUT2D eigenvalue weighted by atomic mass is 79.9. The van der Waals surface area contributed by atoms with Gasteiger partial charge in [-0.25, -0.2) is 0 Å². The van der Waals surface area contributed by atoms with Crippen molar-refractivity contribution in [2.24, 2.45) is 0 Å². The molecule has 0 saturated carbocycles. The Kier molecular flexibility index (Phi) is 5.51. The molecule has 0 atom stereocenters. The lowest BCUT2D eigenvalue weighted by atomic mass is 10.1. The maximum atomic E-state index is 13.1. The molecule has 1 N–H and O–H groups in total. The van der Waals surface area contributed by atoms with E-state index in [4.69, 9.17) is 16.0 Å². The molecule has 3 aromatic carbocycles. The summed E-state index contributed by atoms with van der Waals surface area (Å²) in [6.07, 6.45) is 0.155. The third kappa shape index (κ3) is 4.26. The van der Waals surface area contributed by atoms with Gasteiger partial charge in [0.25, 0.3) is 0 Å². The number of carbonyl (C=O) groups is 2. The van der Waals surface area contributed by atoms with Gasteiger partial charge in [0, 0.05) is 20.4 Å². The molecule has 1 aromatic heterocycles. The third-order valence-corrected chi connectivity index (χ3v) is 5.23. The highest BCUT2D eigenvalue weighted by Gasteiger charge is 2.23. The summed E-state index contributed by atoms with van der Waals surface area (Å²) in [5.74, 6) is -0.433. The molecule has 0 aliphatic heterocycles. The van der Waals surface area contributed by atoms with Crippen LogP contribution in [0.25, 0.3) is 11.0 Å². The van der Waals surface area contributed by atoms with Gasteiger partial charge in [0.05, 0.1) is 12.1 Å². The minimum atomic E-state index is -0.296. The molecule has 4 aromatic rings. The highest BCUT2D eigenvalue weighted by molar-refractivity contribution is 9.10. The van der Waals surface area contributed by atoms with Crippen LogP contribution in [0.5, 0.6) is 0 Å². The highest BCUT2D eigenvalue weighted by Crippen LogP contribution is 2.33. The Hall–Kier alpha value is -2.89. The number of hydrogen-bond donors (Lipinski definition) is 1. The van der Waals surface area contributed by atoms with Crippen molar-refractivity contribution in [2.75, 3.05) is 5.32 Å². The molecule has 0 saturated heterocycles. The summed E-state index contributed by atoms with van der Waals surface area (Å²) in [6.45, 7) is 0. The van der Waals surface area contributed by atoms with Crippen LogP contribution < -0.4 is 5.32 Å². The van der Waals surface area contributed by atoms with E-state index in [1.165, 1.54) is 0 Å². The van der Waals surface area contributed by atoms with Crippen molar-refractivity contribution in [2.45, 2.75) is 6.42 Å². The second-order valence-corrected chi connectivity index (χ2v) is 7.84. The first-order chi connectivity index (χ1) is 14.0. The van der Waals surface area contributed by atoms with E-state index in [2.05, 4.69) is 21.2 Å². The van der Waals surface area contributed by atoms with Gasteiger partial charge in [0.1, 0.15) is 5.58 Å². The molecule has 1 amide bonds. The average Bonchev–Trinajstić information content (AvgIpc) is 3.08. The molecule has 4 nitrogen and oxygen atoms in total. The Morgan fingerprint density at radius 1 is 0.931 bits per heavy atom. The fourth-order valence-corrected chi connectivity index (χ4v) is 3.42. The van der Waals surface area contributed by atoms with Crippen LogP contribution in [-0.2, 0) is 11.2 Å². The van der Waals surface area contributed by atoms with Crippen LogP contribution in [0.15, 0.2) is 81.7 Å². The van der Waals surface area contributed by atoms with E-state index >= 15 is 0 Å². The van der Waals surface area contributed by atoms with Gasteiger partial charge >= 0.3 is 0 Å². The van der Waals surface area contributed by atoms with Gasteiger partial charge < -0.3 is 9.73 Å². The van der Waals surface area contributed by atoms with E-state index < -0.39 is 0 Å². The fourth-order valence-electron chi connectivity index (χ4n) is 3.03. The van der Waals surface area contributed by atoms with E-state index in [1.807, 2.05) is 18.2 Å². The zero-order valence-electron chi connectivity index (χ0n) is 15.1. The van der Waals surface area contributed by atoms with E-state index in [0.717, 1.165) is 10.0 Å². The first-order valence-electron chi connectivity index (χ1n) is 8.87. The smallest absolute Gasteiger partial charge is 0.230 e. The summed E-state index contributed by atoms with van der Waals surface area (Å²) in [4.78, 5) is 25.7. The molecule has 0 fully saturated rings. The number of benzene rings is 3. The molecule has 1 heterocycles. The predicted molar refractivity (Wildman–Crippen MR) is 118 cm³/mol. The first kappa shape index (κ1) is 19.4. The van der Waals surface area contributed by atoms with Crippen LogP contribution in [0.4, 0.5) is 5.69 Å². The second-order valence-electron chi connectivity index (χ2n) is 6.49. The molecule has 29 heavy (non-hydrogen) atoms. The van der Waals surface area contributed by atoms with Crippen molar-refractivity contribution in [1.82, 2.24) is 0 Å². The Labute approximate surface area is 180 Å². The van der Waals surface area contributed by atoms with Crippen LogP contribution in [0.2, 0.25) is 5.02 Å². The summed E-state index contributed by atoms with van der Waals surface area (Å²) in [5.41, 5.74) is 2.21. The largest absolute Gasteiger partial charge is 0.450 e. The fraction of sp³-hybridized carbons (Fsp3) is 0.0435. The zero-order valence-corrected chi connectivity index (χ0v) is 17.5. The summed E-state index contributed by atoms with van der Waals surface area (Å²) in [7, 11) is 0. The number of hydrogen-bond acceptors (Lipinski definition) is 3. The van der Waals surface area contributed by atoms with Gasteiger partial charge in [-0.15, -0.1) is 0 Å². The standard InChI is InChI=1S/C23H15BrClNO3/c24-16-9-7-15(8-10-16)22(28)23-21(18-3-1-2-4-19(18)29-23)26-20(27)13-14-5-11-17(25)12-6-14/h1-12H,13H2,(H,26,27). The van der Waals surface area contributed by atoms with Crippen molar-refractivity contribution < 1.29 is 14.0 Å². The molecule has 144 valence electrons. The quantitative estimate of drug-likeness (QED) is 0.352. The molecule has 0 radical (unpaired) electrons. The molecule has 0 unspecified atom stereocenters. The first-order valence-corrected chi connectivity index (χ1v) is 10.0.